The van der Waals surface area contributed by atoms with Crippen molar-refractivity contribution in [1.29, 1.82) is 0 Å². The molecule has 4 heterocycles. The molecule has 2 saturated heterocycles. The van der Waals surface area contributed by atoms with Crippen molar-refractivity contribution in [2.24, 2.45) is 0 Å². The highest BCUT2D eigenvalue weighted by Gasteiger charge is 2.61. The largest absolute Gasteiger partial charge is 0.481 e. The summed E-state index contributed by atoms with van der Waals surface area (Å²) >= 11 is 0. The molecule has 3 aliphatic rings. The summed E-state index contributed by atoms with van der Waals surface area (Å²) in [4.78, 5) is 12.9. The molecule has 7 heteroatoms. The average Bonchev–Trinajstić information content (AvgIpc) is 3.19. The Bertz CT molecular complexity index is 934. The fourth-order valence-corrected chi connectivity index (χ4v) is 4.48. The standard InChI is InChI=1S/C19H19N5O2/c1-25-15-7-14(21-12-22-15)16-23-17(26-24-16)19-8-18(9-19,10-20-11-19)13-5-3-2-4-6-13/h2-7,12,20H,8-11H2,1H3. The third kappa shape index (κ3) is 2.24. The van der Waals surface area contributed by atoms with Crippen molar-refractivity contribution in [1.82, 2.24) is 25.4 Å². The lowest BCUT2D eigenvalue weighted by molar-refractivity contribution is 0.0250. The molecule has 26 heavy (non-hydrogen) atoms. The second-order valence-corrected chi connectivity index (χ2v) is 7.25. The van der Waals surface area contributed by atoms with Gasteiger partial charge in [0.1, 0.15) is 12.0 Å². The van der Waals surface area contributed by atoms with Crippen LogP contribution in [-0.2, 0) is 10.8 Å². The van der Waals surface area contributed by atoms with Crippen LogP contribution in [0.1, 0.15) is 24.3 Å². The third-order valence-corrected chi connectivity index (χ3v) is 5.63. The van der Waals surface area contributed by atoms with Crippen molar-refractivity contribution in [2.45, 2.75) is 23.7 Å². The number of rotatable bonds is 4. The Morgan fingerprint density at radius 3 is 2.69 bits per heavy atom. The van der Waals surface area contributed by atoms with E-state index in [0.29, 0.717) is 23.3 Å². The first-order valence-corrected chi connectivity index (χ1v) is 8.70. The number of ether oxygens (including phenoxy) is 1. The molecule has 0 radical (unpaired) electrons. The molecular formula is C19H19N5O2. The Balaban J connectivity index is 1.44. The molecular weight excluding hydrogens is 330 g/mol. The molecule has 1 aliphatic carbocycles. The lowest BCUT2D eigenvalue weighted by Gasteiger charge is -2.59. The van der Waals surface area contributed by atoms with Gasteiger partial charge in [-0.05, 0) is 18.4 Å². The minimum absolute atomic E-state index is 0.101. The first kappa shape index (κ1) is 15.5. The molecule has 2 bridgehead atoms. The SMILES string of the molecule is COc1cc(-c2noc(C34CNCC(c5ccccc5)(C3)C4)n2)ncn1. The highest BCUT2D eigenvalue weighted by Crippen LogP contribution is 2.58. The van der Waals surface area contributed by atoms with E-state index in [4.69, 9.17) is 9.26 Å². The Labute approximate surface area is 150 Å². The average molecular weight is 349 g/mol. The van der Waals surface area contributed by atoms with Crippen molar-refractivity contribution in [2.75, 3.05) is 20.2 Å². The smallest absolute Gasteiger partial charge is 0.234 e. The van der Waals surface area contributed by atoms with Gasteiger partial charge in [0.05, 0.1) is 12.5 Å². The molecule has 7 nitrogen and oxygen atoms in total. The van der Waals surface area contributed by atoms with Gasteiger partial charge in [0.15, 0.2) is 0 Å². The van der Waals surface area contributed by atoms with Crippen LogP contribution >= 0.6 is 0 Å². The molecule has 1 N–H and O–H groups in total. The van der Waals surface area contributed by atoms with E-state index in [1.165, 1.54) is 11.9 Å². The molecule has 132 valence electrons. The van der Waals surface area contributed by atoms with Crippen molar-refractivity contribution >= 4 is 0 Å². The summed E-state index contributed by atoms with van der Waals surface area (Å²) in [6, 6.07) is 12.4. The highest BCUT2D eigenvalue weighted by molar-refractivity contribution is 5.50. The minimum atomic E-state index is -0.101. The number of benzene rings is 1. The summed E-state index contributed by atoms with van der Waals surface area (Å²) < 4.78 is 10.8. The van der Waals surface area contributed by atoms with Crippen LogP contribution < -0.4 is 10.1 Å². The first-order valence-electron chi connectivity index (χ1n) is 8.70. The van der Waals surface area contributed by atoms with Crippen LogP contribution in [0.15, 0.2) is 47.2 Å². The summed E-state index contributed by atoms with van der Waals surface area (Å²) in [7, 11) is 1.57. The summed E-state index contributed by atoms with van der Waals surface area (Å²) in [5.74, 6) is 1.63. The molecule has 2 aromatic heterocycles. The second kappa shape index (κ2) is 5.60. The Morgan fingerprint density at radius 2 is 1.88 bits per heavy atom. The summed E-state index contributed by atoms with van der Waals surface area (Å²) in [5.41, 5.74) is 2.03. The molecule has 1 saturated carbocycles. The van der Waals surface area contributed by atoms with Crippen LogP contribution in [0.2, 0.25) is 0 Å². The van der Waals surface area contributed by atoms with E-state index in [9.17, 15) is 0 Å². The highest BCUT2D eigenvalue weighted by atomic mass is 16.5. The van der Waals surface area contributed by atoms with E-state index in [1.54, 1.807) is 13.2 Å². The third-order valence-electron chi connectivity index (χ3n) is 5.63. The molecule has 0 atom stereocenters. The number of fused-ring (bicyclic) bond motifs is 2. The van der Waals surface area contributed by atoms with Gasteiger partial charge in [-0.2, -0.15) is 4.98 Å². The van der Waals surface area contributed by atoms with Gasteiger partial charge in [0, 0.05) is 24.6 Å². The lowest BCUT2D eigenvalue weighted by atomic mass is 9.48. The fourth-order valence-electron chi connectivity index (χ4n) is 4.48. The quantitative estimate of drug-likeness (QED) is 0.772. The monoisotopic (exact) mass is 349 g/mol. The molecule has 6 rings (SSSR count). The van der Waals surface area contributed by atoms with Crippen LogP contribution in [0.3, 0.4) is 0 Å². The van der Waals surface area contributed by atoms with Crippen molar-refractivity contribution in [3.63, 3.8) is 0 Å². The topological polar surface area (TPSA) is 86.0 Å². The summed E-state index contributed by atoms with van der Waals surface area (Å²) in [6.07, 6.45) is 3.48. The van der Waals surface area contributed by atoms with Gasteiger partial charge in [-0.15, -0.1) is 0 Å². The minimum Gasteiger partial charge on any atom is -0.481 e. The maximum absolute atomic E-state index is 5.65. The summed E-state index contributed by atoms with van der Waals surface area (Å²) in [6.45, 7) is 1.85. The van der Waals surface area contributed by atoms with E-state index in [1.807, 2.05) is 0 Å². The van der Waals surface area contributed by atoms with Crippen LogP contribution in [0, 0.1) is 0 Å². The molecule has 1 aromatic carbocycles. The van der Waals surface area contributed by atoms with E-state index in [0.717, 1.165) is 25.9 Å². The van der Waals surface area contributed by atoms with E-state index in [-0.39, 0.29) is 10.8 Å². The molecule has 3 aromatic rings. The number of hydrogen-bond donors (Lipinski definition) is 1. The zero-order valence-corrected chi connectivity index (χ0v) is 14.5. The first-order chi connectivity index (χ1) is 12.7. The number of nitrogens with one attached hydrogen (secondary N) is 1. The van der Waals surface area contributed by atoms with Crippen LogP contribution in [0.4, 0.5) is 0 Å². The second-order valence-electron chi connectivity index (χ2n) is 7.25. The van der Waals surface area contributed by atoms with Crippen molar-refractivity contribution < 1.29 is 9.26 Å². The number of piperidine rings is 2. The molecule has 0 unspecified atom stereocenters. The number of nitrogens with zero attached hydrogens (tertiary/aromatic N) is 4. The van der Waals surface area contributed by atoms with Crippen LogP contribution in [-0.4, -0.2) is 40.3 Å². The summed E-state index contributed by atoms with van der Waals surface area (Å²) in [5, 5.41) is 7.70. The van der Waals surface area contributed by atoms with Gasteiger partial charge in [-0.1, -0.05) is 35.5 Å². The Kier molecular flexibility index (Phi) is 3.33. The number of hydrogen-bond acceptors (Lipinski definition) is 7. The van der Waals surface area contributed by atoms with Crippen LogP contribution in [0.5, 0.6) is 5.88 Å². The zero-order valence-electron chi connectivity index (χ0n) is 14.5. The van der Waals surface area contributed by atoms with E-state index >= 15 is 0 Å². The maximum atomic E-state index is 5.65. The lowest BCUT2D eigenvalue weighted by Crippen LogP contribution is -2.66. The van der Waals surface area contributed by atoms with Crippen LogP contribution in [0.25, 0.3) is 11.5 Å². The molecule has 3 fully saturated rings. The van der Waals surface area contributed by atoms with Gasteiger partial charge in [-0.3, -0.25) is 0 Å². The predicted octanol–water partition coefficient (Wildman–Crippen LogP) is 2.11. The zero-order chi connectivity index (χ0) is 17.6. The van der Waals surface area contributed by atoms with Gasteiger partial charge in [0.25, 0.3) is 0 Å². The number of methoxy groups -OCH3 is 1. The fraction of sp³-hybridized carbons (Fsp3) is 0.368. The van der Waals surface area contributed by atoms with Crippen molar-refractivity contribution in [3.8, 4) is 17.4 Å². The Morgan fingerprint density at radius 1 is 1.08 bits per heavy atom. The van der Waals surface area contributed by atoms with Gasteiger partial charge >= 0.3 is 0 Å². The maximum Gasteiger partial charge on any atom is 0.234 e. The van der Waals surface area contributed by atoms with E-state index in [2.05, 4.69) is 55.8 Å². The van der Waals surface area contributed by atoms with Gasteiger partial charge in [-0.25, -0.2) is 9.97 Å². The van der Waals surface area contributed by atoms with E-state index < -0.39 is 0 Å². The van der Waals surface area contributed by atoms with Gasteiger partial charge < -0.3 is 14.6 Å². The Hall–Kier alpha value is -2.80. The molecule has 2 aliphatic heterocycles. The number of aromatic nitrogens is 4. The normalized spacial score (nSPS) is 27.0. The molecule has 0 spiro atoms. The van der Waals surface area contributed by atoms with Gasteiger partial charge in [0.2, 0.25) is 17.6 Å². The predicted molar refractivity (Wildman–Crippen MR) is 93.8 cm³/mol. The molecule has 0 amide bonds. The van der Waals surface area contributed by atoms with Crippen molar-refractivity contribution in [3.05, 3.63) is 54.2 Å².